The highest BCUT2D eigenvalue weighted by atomic mass is 16.6. The summed E-state index contributed by atoms with van der Waals surface area (Å²) in [4.78, 5) is 41.0. The molecule has 0 aliphatic carbocycles. The summed E-state index contributed by atoms with van der Waals surface area (Å²) >= 11 is 0. The fraction of sp³-hybridized carbons (Fsp3) is 0.0769. The molecule has 174 valence electrons. The number of nitro groups is 1. The molecule has 5 aromatic rings. The van der Waals surface area contributed by atoms with Gasteiger partial charge in [-0.25, -0.2) is 4.79 Å². The molecule has 1 heterocycles. The summed E-state index contributed by atoms with van der Waals surface area (Å²) in [5, 5.41) is 19.8. The number of hydrogen-bond donors (Lipinski definition) is 4. The van der Waals surface area contributed by atoms with Gasteiger partial charge in [0.05, 0.1) is 16.0 Å². The largest absolute Gasteiger partial charge is 0.373 e. The normalized spacial score (nSPS) is 11.9. The number of aromatic amines is 2. The zero-order valence-corrected chi connectivity index (χ0v) is 18.7. The van der Waals surface area contributed by atoms with E-state index in [1.807, 2.05) is 55.5 Å². The second-order valence-electron chi connectivity index (χ2n) is 8.26. The highest BCUT2D eigenvalue weighted by Crippen LogP contribution is 2.30. The van der Waals surface area contributed by atoms with Gasteiger partial charge >= 0.3 is 5.69 Å². The molecule has 0 saturated carbocycles. The lowest BCUT2D eigenvalue weighted by Gasteiger charge is -2.16. The van der Waals surface area contributed by atoms with Crippen molar-refractivity contribution in [2.75, 3.05) is 10.6 Å². The van der Waals surface area contributed by atoms with Crippen molar-refractivity contribution in [3.05, 3.63) is 111 Å². The number of nitrogens with zero attached hydrogens (tertiary/aromatic N) is 1. The summed E-state index contributed by atoms with van der Waals surface area (Å²) in [5.41, 5.74) is 2.72. The summed E-state index contributed by atoms with van der Waals surface area (Å²) in [5.74, 6) is -0.440. The van der Waals surface area contributed by atoms with Crippen LogP contribution in [0.15, 0.2) is 83.7 Å². The Labute approximate surface area is 199 Å². The number of amides is 1. The first kappa shape index (κ1) is 21.9. The van der Waals surface area contributed by atoms with Crippen LogP contribution in [0.5, 0.6) is 0 Å². The van der Waals surface area contributed by atoms with E-state index in [1.165, 1.54) is 12.1 Å². The monoisotopic (exact) mass is 467 g/mol. The molecule has 1 amide bonds. The van der Waals surface area contributed by atoms with Crippen LogP contribution in [-0.2, 0) is 0 Å². The van der Waals surface area contributed by atoms with Crippen molar-refractivity contribution in [2.45, 2.75) is 13.0 Å². The Bertz CT molecular complexity index is 1650. The van der Waals surface area contributed by atoms with Crippen LogP contribution in [0.2, 0.25) is 0 Å². The zero-order chi connectivity index (χ0) is 24.5. The average molecular weight is 467 g/mol. The molecule has 0 radical (unpaired) electrons. The Morgan fingerprint density at radius 2 is 1.69 bits per heavy atom. The smallest absolute Gasteiger partial charge is 0.323 e. The fourth-order valence-electron chi connectivity index (χ4n) is 4.05. The van der Waals surface area contributed by atoms with Crippen LogP contribution < -0.4 is 16.3 Å². The molecular weight excluding hydrogens is 446 g/mol. The number of anilines is 2. The standard InChI is InChI=1S/C26H21N5O4/c1-15(17-7-10-21-23(13-17)30-26(33)29-21)27-22-11-8-19(14-24(22)31(34)35)25(32)28-20-9-6-16-4-2-3-5-18(16)12-20/h2-15,27H,1H3,(H,28,32)(H2,29,30,33). The minimum Gasteiger partial charge on any atom is -0.373 e. The third kappa shape index (κ3) is 4.47. The van der Waals surface area contributed by atoms with Gasteiger partial charge in [0.2, 0.25) is 0 Å². The number of benzene rings is 4. The van der Waals surface area contributed by atoms with E-state index in [-0.39, 0.29) is 28.7 Å². The van der Waals surface area contributed by atoms with E-state index in [1.54, 1.807) is 18.2 Å². The summed E-state index contributed by atoms with van der Waals surface area (Å²) in [6.45, 7) is 1.86. The maximum Gasteiger partial charge on any atom is 0.323 e. The van der Waals surface area contributed by atoms with Crippen molar-refractivity contribution in [3.63, 3.8) is 0 Å². The first-order valence-electron chi connectivity index (χ1n) is 10.9. The molecule has 9 heteroatoms. The molecule has 4 aromatic carbocycles. The van der Waals surface area contributed by atoms with E-state index in [2.05, 4.69) is 20.6 Å². The van der Waals surface area contributed by atoms with E-state index in [0.717, 1.165) is 16.3 Å². The molecule has 1 unspecified atom stereocenters. The maximum absolute atomic E-state index is 12.8. The number of rotatable bonds is 6. The first-order valence-corrected chi connectivity index (χ1v) is 10.9. The third-order valence-electron chi connectivity index (χ3n) is 5.88. The topological polar surface area (TPSA) is 133 Å². The van der Waals surface area contributed by atoms with Crippen LogP contribution in [0.25, 0.3) is 21.8 Å². The molecule has 9 nitrogen and oxygen atoms in total. The molecule has 0 fully saturated rings. The number of H-pyrrole nitrogens is 2. The Kier molecular flexibility index (Phi) is 5.50. The summed E-state index contributed by atoms with van der Waals surface area (Å²) < 4.78 is 0. The Morgan fingerprint density at radius 1 is 0.914 bits per heavy atom. The number of carbonyl (C=O) groups excluding carboxylic acids is 1. The molecule has 0 aliphatic heterocycles. The van der Waals surface area contributed by atoms with Crippen LogP contribution >= 0.6 is 0 Å². The summed E-state index contributed by atoms with van der Waals surface area (Å²) in [6.07, 6.45) is 0. The SMILES string of the molecule is CC(Nc1ccc(C(=O)Nc2ccc3ccccc3c2)cc1[N+](=O)[O-])c1ccc2[nH]c(=O)[nH]c2c1. The van der Waals surface area contributed by atoms with Crippen molar-refractivity contribution >= 4 is 44.8 Å². The van der Waals surface area contributed by atoms with E-state index in [4.69, 9.17) is 0 Å². The number of nitro benzene ring substituents is 1. The summed E-state index contributed by atoms with van der Waals surface area (Å²) in [6, 6.07) is 22.8. The van der Waals surface area contributed by atoms with Crippen molar-refractivity contribution in [1.82, 2.24) is 9.97 Å². The molecular formula is C26H21N5O4. The molecule has 1 atom stereocenters. The lowest BCUT2D eigenvalue weighted by Crippen LogP contribution is -2.13. The number of fused-ring (bicyclic) bond motifs is 2. The van der Waals surface area contributed by atoms with Gasteiger partial charge in [-0.15, -0.1) is 0 Å². The van der Waals surface area contributed by atoms with E-state index >= 15 is 0 Å². The predicted octanol–water partition coefficient (Wildman–Crippen LogP) is 5.34. The molecule has 35 heavy (non-hydrogen) atoms. The Hall–Kier alpha value is -4.92. The fourth-order valence-corrected chi connectivity index (χ4v) is 4.05. The van der Waals surface area contributed by atoms with Gasteiger partial charge in [0, 0.05) is 23.4 Å². The molecule has 5 rings (SSSR count). The molecule has 0 spiro atoms. The molecule has 4 N–H and O–H groups in total. The van der Waals surface area contributed by atoms with Crippen LogP contribution in [0.4, 0.5) is 17.1 Å². The quantitative estimate of drug-likeness (QED) is 0.198. The summed E-state index contributed by atoms with van der Waals surface area (Å²) in [7, 11) is 0. The van der Waals surface area contributed by atoms with Gasteiger partial charge in [-0.05, 0) is 59.7 Å². The molecule has 1 aromatic heterocycles. The van der Waals surface area contributed by atoms with Crippen LogP contribution in [-0.4, -0.2) is 20.8 Å². The third-order valence-corrected chi connectivity index (χ3v) is 5.88. The second-order valence-corrected chi connectivity index (χ2v) is 8.26. The molecule has 0 saturated heterocycles. The van der Waals surface area contributed by atoms with E-state index in [9.17, 15) is 19.7 Å². The number of imidazole rings is 1. The highest BCUT2D eigenvalue weighted by Gasteiger charge is 2.20. The highest BCUT2D eigenvalue weighted by molar-refractivity contribution is 6.06. The van der Waals surface area contributed by atoms with Gasteiger partial charge in [0.25, 0.3) is 11.6 Å². The minimum absolute atomic E-state index is 0.175. The number of carbonyl (C=O) groups is 1. The Morgan fingerprint density at radius 3 is 2.49 bits per heavy atom. The van der Waals surface area contributed by atoms with E-state index in [0.29, 0.717) is 16.7 Å². The lowest BCUT2D eigenvalue weighted by atomic mass is 10.1. The van der Waals surface area contributed by atoms with Gasteiger partial charge < -0.3 is 20.6 Å². The van der Waals surface area contributed by atoms with Gasteiger partial charge in [-0.2, -0.15) is 0 Å². The van der Waals surface area contributed by atoms with Crippen molar-refractivity contribution in [1.29, 1.82) is 0 Å². The minimum atomic E-state index is -0.519. The number of hydrogen-bond acceptors (Lipinski definition) is 5. The lowest BCUT2D eigenvalue weighted by molar-refractivity contribution is -0.384. The van der Waals surface area contributed by atoms with Crippen LogP contribution in [0, 0.1) is 10.1 Å². The van der Waals surface area contributed by atoms with Crippen LogP contribution in [0.3, 0.4) is 0 Å². The van der Waals surface area contributed by atoms with Gasteiger partial charge in [0.1, 0.15) is 5.69 Å². The molecule has 0 bridgehead atoms. The first-order chi connectivity index (χ1) is 16.9. The predicted molar refractivity (Wildman–Crippen MR) is 136 cm³/mol. The Balaban J connectivity index is 1.37. The van der Waals surface area contributed by atoms with Gasteiger partial charge in [-0.1, -0.05) is 36.4 Å². The van der Waals surface area contributed by atoms with Gasteiger partial charge in [-0.3, -0.25) is 14.9 Å². The maximum atomic E-state index is 12.8. The van der Waals surface area contributed by atoms with Gasteiger partial charge in [0.15, 0.2) is 0 Å². The number of nitrogens with one attached hydrogen (secondary N) is 4. The van der Waals surface area contributed by atoms with Crippen molar-refractivity contribution < 1.29 is 9.72 Å². The van der Waals surface area contributed by atoms with Crippen molar-refractivity contribution in [3.8, 4) is 0 Å². The molecule has 0 aliphatic rings. The number of aromatic nitrogens is 2. The zero-order valence-electron chi connectivity index (χ0n) is 18.7. The van der Waals surface area contributed by atoms with E-state index < -0.39 is 10.8 Å². The van der Waals surface area contributed by atoms with Crippen molar-refractivity contribution in [2.24, 2.45) is 0 Å². The second kappa shape index (κ2) is 8.79. The average Bonchev–Trinajstić information content (AvgIpc) is 3.23. The van der Waals surface area contributed by atoms with Crippen LogP contribution in [0.1, 0.15) is 28.9 Å².